The Morgan fingerprint density at radius 2 is 1.81 bits per heavy atom. The van der Waals surface area contributed by atoms with E-state index < -0.39 is 0 Å². The van der Waals surface area contributed by atoms with Crippen LogP contribution in [-0.2, 0) is 13.1 Å². The Labute approximate surface area is 157 Å². The van der Waals surface area contributed by atoms with Crippen LogP contribution in [0.4, 0.5) is 5.82 Å². The number of para-hydroxylation sites is 1. The van der Waals surface area contributed by atoms with Crippen molar-refractivity contribution in [2.45, 2.75) is 13.1 Å². The maximum absolute atomic E-state index is 12.8. The Morgan fingerprint density at radius 3 is 2.56 bits per heavy atom. The average molecular weight is 360 g/mol. The first kappa shape index (κ1) is 17.2. The summed E-state index contributed by atoms with van der Waals surface area (Å²) in [6.07, 6.45) is 1.81. The molecule has 3 heterocycles. The van der Waals surface area contributed by atoms with Crippen LogP contribution in [0.1, 0.15) is 5.82 Å². The zero-order valence-electron chi connectivity index (χ0n) is 15.0. The number of nitrogens with zero attached hydrogens (tertiary/aromatic N) is 6. The van der Waals surface area contributed by atoms with Gasteiger partial charge in [0.25, 0.3) is 5.56 Å². The van der Waals surface area contributed by atoms with Crippen molar-refractivity contribution in [1.82, 2.24) is 19.4 Å². The van der Waals surface area contributed by atoms with E-state index in [9.17, 15) is 4.79 Å². The smallest absolute Gasteiger partial charge is 0.262 e. The molecule has 136 valence electrons. The number of pyridine rings is 1. The lowest BCUT2D eigenvalue weighted by Crippen LogP contribution is -2.47. The minimum absolute atomic E-state index is 0.0138. The number of hydrogen-bond acceptors (Lipinski definition) is 6. The van der Waals surface area contributed by atoms with E-state index in [1.807, 2.05) is 36.4 Å². The Balaban J connectivity index is 1.55. The van der Waals surface area contributed by atoms with E-state index in [2.05, 4.69) is 25.8 Å². The highest BCUT2D eigenvalue weighted by molar-refractivity contribution is 5.77. The molecule has 0 bridgehead atoms. The fourth-order valence-electron chi connectivity index (χ4n) is 3.44. The summed E-state index contributed by atoms with van der Waals surface area (Å²) in [5, 5.41) is 9.69. The van der Waals surface area contributed by atoms with Gasteiger partial charge in [0.1, 0.15) is 18.2 Å². The van der Waals surface area contributed by atoms with Crippen molar-refractivity contribution >= 4 is 16.7 Å². The molecule has 0 radical (unpaired) electrons. The number of fused-ring (bicyclic) bond motifs is 1. The molecule has 3 aromatic rings. The Bertz CT molecular complexity index is 1030. The molecule has 2 aromatic heterocycles. The van der Waals surface area contributed by atoms with Gasteiger partial charge < -0.3 is 4.90 Å². The van der Waals surface area contributed by atoms with Gasteiger partial charge in [-0.2, -0.15) is 5.26 Å². The Hall–Kier alpha value is -3.24. The van der Waals surface area contributed by atoms with E-state index in [0.717, 1.165) is 32.0 Å². The maximum atomic E-state index is 12.8. The summed E-state index contributed by atoms with van der Waals surface area (Å²) >= 11 is 0. The Morgan fingerprint density at radius 1 is 1.04 bits per heavy atom. The van der Waals surface area contributed by atoms with E-state index in [-0.39, 0.29) is 12.1 Å². The van der Waals surface area contributed by atoms with Gasteiger partial charge in [0.05, 0.1) is 23.5 Å². The zero-order valence-corrected chi connectivity index (χ0v) is 15.0. The number of benzene rings is 1. The summed E-state index contributed by atoms with van der Waals surface area (Å²) in [5.41, 5.74) is 0.531. The van der Waals surface area contributed by atoms with Crippen molar-refractivity contribution in [2.75, 3.05) is 31.1 Å². The molecule has 0 unspecified atom stereocenters. The van der Waals surface area contributed by atoms with Crippen LogP contribution >= 0.6 is 0 Å². The van der Waals surface area contributed by atoms with E-state index in [4.69, 9.17) is 5.26 Å². The van der Waals surface area contributed by atoms with Gasteiger partial charge in [-0.1, -0.05) is 18.2 Å². The summed E-state index contributed by atoms with van der Waals surface area (Å²) in [7, 11) is 0. The number of rotatable bonds is 4. The number of hydrogen-bond donors (Lipinski definition) is 0. The van der Waals surface area contributed by atoms with Gasteiger partial charge in [0.2, 0.25) is 0 Å². The molecule has 7 nitrogen and oxygen atoms in total. The first-order valence-corrected chi connectivity index (χ1v) is 9.00. The molecular weight excluding hydrogens is 340 g/mol. The third-order valence-electron chi connectivity index (χ3n) is 4.88. The largest absolute Gasteiger partial charge is 0.354 e. The molecule has 27 heavy (non-hydrogen) atoms. The first-order chi connectivity index (χ1) is 13.3. The molecular formula is C20H20N6O. The van der Waals surface area contributed by atoms with E-state index in [0.29, 0.717) is 23.3 Å². The predicted octanol–water partition coefficient (Wildman–Crippen LogP) is 1.64. The lowest BCUT2D eigenvalue weighted by Gasteiger charge is -2.35. The second kappa shape index (κ2) is 7.56. The summed E-state index contributed by atoms with van der Waals surface area (Å²) in [6, 6.07) is 15.3. The molecule has 0 N–H and O–H groups in total. The summed E-state index contributed by atoms with van der Waals surface area (Å²) < 4.78 is 1.49. The van der Waals surface area contributed by atoms with Gasteiger partial charge >= 0.3 is 0 Å². The molecule has 1 aliphatic heterocycles. The van der Waals surface area contributed by atoms with Crippen molar-refractivity contribution in [3.8, 4) is 6.07 Å². The molecule has 1 aliphatic rings. The van der Waals surface area contributed by atoms with Crippen molar-refractivity contribution in [2.24, 2.45) is 0 Å². The van der Waals surface area contributed by atoms with Gasteiger partial charge in [-0.3, -0.25) is 14.3 Å². The topological polar surface area (TPSA) is 78.1 Å². The van der Waals surface area contributed by atoms with Crippen LogP contribution in [0.3, 0.4) is 0 Å². The SMILES string of the molecule is N#CCn1c(CN2CCN(c3ccccn3)CC2)nc2ccccc2c1=O. The maximum Gasteiger partial charge on any atom is 0.262 e. The molecule has 4 rings (SSSR count). The standard InChI is InChI=1S/C20H20N6O/c21-8-10-26-19(23-17-6-2-1-5-16(17)20(26)27)15-24-11-13-25(14-12-24)18-7-3-4-9-22-18/h1-7,9H,10-15H2. The van der Waals surface area contributed by atoms with Gasteiger partial charge in [-0.05, 0) is 24.3 Å². The number of anilines is 1. The molecule has 7 heteroatoms. The van der Waals surface area contributed by atoms with E-state index in [1.165, 1.54) is 4.57 Å². The highest BCUT2D eigenvalue weighted by Gasteiger charge is 2.20. The second-order valence-corrected chi connectivity index (χ2v) is 6.55. The quantitative estimate of drug-likeness (QED) is 0.704. The normalized spacial score (nSPS) is 15.0. The van der Waals surface area contributed by atoms with Gasteiger partial charge in [-0.15, -0.1) is 0 Å². The van der Waals surface area contributed by atoms with Crippen molar-refractivity contribution in [3.05, 3.63) is 64.8 Å². The fourth-order valence-corrected chi connectivity index (χ4v) is 3.44. The highest BCUT2D eigenvalue weighted by atomic mass is 16.1. The van der Waals surface area contributed by atoms with Crippen molar-refractivity contribution < 1.29 is 0 Å². The first-order valence-electron chi connectivity index (χ1n) is 9.00. The molecule has 1 saturated heterocycles. The molecule has 0 atom stereocenters. The van der Waals surface area contributed by atoms with Crippen LogP contribution < -0.4 is 10.5 Å². The Kier molecular flexibility index (Phi) is 4.81. The number of aromatic nitrogens is 3. The number of piperazine rings is 1. The van der Waals surface area contributed by atoms with Gasteiger partial charge in [0, 0.05) is 32.4 Å². The third-order valence-corrected chi connectivity index (χ3v) is 4.88. The van der Waals surface area contributed by atoms with Crippen molar-refractivity contribution in [3.63, 3.8) is 0 Å². The van der Waals surface area contributed by atoms with Crippen LogP contribution in [-0.4, -0.2) is 45.6 Å². The van der Waals surface area contributed by atoms with Crippen molar-refractivity contribution in [1.29, 1.82) is 5.26 Å². The summed E-state index contributed by atoms with van der Waals surface area (Å²) in [4.78, 5) is 26.4. The molecule has 1 fully saturated rings. The molecule has 0 aliphatic carbocycles. The average Bonchev–Trinajstić information content (AvgIpc) is 2.72. The highest BCUT2D eigenvalue weighted by Crippen LogP contribution is 2.15. The fraction of sp³-hybridized carbons (Fsp3) is 0.300. The number of nitriles is 1. The molecule has 0 amide bonds. The summed E-state index contributed by atoms with van der Waals surface area (Å²) in [5.74, 6) is 1.63. The van der Waals surface area contributed by atoms with Crippen LogP contribution in [0.5, 0.6) is 0 Å². The van der Waals surface area contributed by atoms with E-state index >= 15 is 0 Å². The second-order valence-electron chi connectivity index (χ2n) is 6.55. The van der Waals surface area contributed by atoms with Crippen LogP contribution in [0.25, 0.3) is 10.9 Å². The monoisotopic (exact) mass is 360 g/mol. The lowest BCUT2D eigenvalue weighted by atomic mass is 10.2. The van der Waals surface area contributed by atoms with Crippen LogP contribution in [0.15, 0.2) is 53.5 Å². The summed E-state index contributed by atoms with van der Waals surface area (Å²) in [6.45, 7) is 4.01. The predicted molar refractivity (Wildman–Crippen MR) is 103 cm³/mol. The minimum Gasteiger partial charge on any atom is -0.354 e. The van der Waals surface area contributed by atoms with E-state index in [1.54, 1.807) is 12.3 Å². The van der Waals surface area contributed by atoms with Crippen LogP contribution in [0, 0.1) is 11.3 Å². The third kappa shape index (κ3) is 3.52. The lowest BCUT2D eigenvalue weighted by molar-refractivity contribution is 0.239. The van der Waals surface area contributed by atoms with Gasteiger partial charge in [0.15, 0.2) is 0 Å². The van der Waals surface area contributed by atoms with Gasteiger partial charge in [-0.25, -0.2) is 9.97 Å². The minimum atomic E-state index is -0.149. The molecule has 1 aromatic carbocycles. The zero-order chi connectivity index (χ0) is 18.6. The van der Waals surface area contributed by atoms with Crippen LogP contribution in [0.2, 0.25) is 0 Å². The molecule has 0 saturated carbocycles. The molecule has 0 spiro atoms.